The van der Waals surface area contributed by atoms with Crippen molar-refractivity contribution in [2.75, 3.05) is 11.9 Å². The van der Waals surface area contributed by atoms with Gasteiger partial charge in [-0.25, -0.2) is 0 Å². The van der Waals surface area contributed by atoms with Crippen LogP contribution in [-0.4, -0.2) is 11.9 Å². The summed E-state index contributed by atoms with van der Waals surface area (Å²) < 4.78 is 6.15. The lowest BCUT2D eigenvalue weighted by molar-refractivity contribution is 0.122. The Morgan fingerprint density at radius 2 is 1.85 bits per heavy atom. The van der Waals surface area contributed by atoms with Crippen molar-refractivity contribution in [1.82, 2.24) is 0 Å². The van der Waals surface area contributed by atoms with Crippen molar-refractivity contribution in [2.45, 2.75) is 58.3 Å². The Kier molecular flexibility index (Phi) is 5.17. The minimum Gasteiger partial charge on any atom is -0.493 e. The third kappa shape index (κ3) is 4.00. The zero-order valence-corrected chi connectivity index (χ0v) is 14.6. The Bertz CT molecular complexity index is 427. The van der Waals surface area contributed by atoms with E-state index < -0.39 is 0 Å². The monoisotopic (exact) mass is 338 g/mol. The minimum absolute atomic E-state index is 0.178. The van der Waals surface area contributed by atoms with Gasteiger partial charge in [0.05, 0.1) is 6.61 Å². The van der Waals surface area contributed by atoms with Gasteiger partial charge in [0, 0.05) is 10.7 Å². The molecule has 0 radical (unpaired) electrons. The van der Waals surface area contributed by atoms with Gasteiger partial charge >= 0.3 is 0 Å². The maximum atomic E-state index is 6.15. The SMILES string of the molecule is CC(C)(C)c1cccc(OCC2(CBr)CCCCC2)c1. The Balaban J connectivity index is 2.03. The van der Waals surface area contributed by atoms with Crippen LogP contribution in [0.2, 0.25) is 0 Å². The van der Waals surface area contributed by atoms with E-state index in [1.54, 1.807) is 0 Å². The lowest BCUT2D eigenvalue weighted by Gasteiger charge is -2.35. The van der Waals surface area contributed by atoms with Gasteiger partial charge in [0.25, 0.3) is 0 Å². The molecule has 1 aliphatic rings. The van der Waals surface area contributed by atoms with E-state index in [-0.39, 0.29) is 5.41 Å². The molecule has 0 bridgehead atoms. The van der Waals surface area contributed by atoms with Crippen LogP contribution in [0.1, 0.15) is 58.4 Å². The van der Waals surface area contributed by atoms with Gasteiger partial charge in [-0.05, 0) is 36.0 Å². The van der Waals surface area contributed by atoms with E-state index in [1.165, 1.54) is 37.7 Å². The number of hydrogen-bond acceptors (Lipinski definition) is 1. The first-order chi connectivity index (χ1) is 9.45. The van der Waals surface area contributed by atoms with E-state index >= 15 is 0 Å². The van der Waals surface area contributed by atoms with Gasteiger partial charge in [-0.3, -0.25) is 0 Å². The molecule has 0 saturated heterocycles. The smallest absolute Gasteiger partial charge is 0.119 e. The van der Waals surface area contributed by atoms with E-state index in [4.69, 9.17) is 4.74 Å². The van der Waals surface area contributed by atoms with Crippen LogP contribution in [-0.2, 0) is 5.41 Å². The molecule has 20 heavy (non-hydrogen) atoms. The summed E-state index contributed by atoms with van der Waals surface area (Å²) >= 11 is 3.71. The second-order valence-corrected chi connectivity index (χ2v) is 7.82. The molecule has 0 aliphatic heterocycles. The van der Waals surface area contributed by atoms with Crippen LogP contribution in [0.4, 0.5) is 0 Å². The number of alkyl halides is 1. The van der Waals surface area contributed by atoms with Crippen LogP contribution in [0.25, 0.3) is 0 Å². The van der Waals surface area contributed by atoms with Crippen molar-refractivity contribution < 1.29 is 4.74 Å². The lowest BCUT2D eigenvalue weighted by atomic mass is 9.76. The highest BCUT2D eigenvalue weighted by Gasteiger charge is 2.31. The van der Waals surface area contributed by atoms with Crippen LogP contribution in [0, 0.1) is 5.41 Å². The van der Waals surface area contributed by atoms with Crippen molar-refractivity contribution >= 4 is 15.9 Å². The second kappa shape index (κ2) is 6.51. The molecule has 0 spiro atoms. The van der Waals surface area contributed by atoms with Crippen LogP contribution >= 0.6 is 15.9 Å². The van der Waals surface area contributed by atoms with Crippen molar-refractivity contribution in [2.24, 2.45) is 5.41 Å². The average molecular weight is 339 g/mol. The fourth-order valence-electron chi connectivity index (χ4n) is 2.91. The summed E-state index contributed by atoms with van der Waals surface area (Å²) in [5.74, 6) is 1.02. The largest absolute Gasteiger partial charge is 0.493 e. The van der Waals surface area contributed by atoms with Gasteiger partial charge < -0.3 is 4.74 Å². The molecular formula is C18H27BrO. The Hall–Kier alpha value is -0.500. The molecule has 1 saturated carbocycles. The fourth-order valence-corrected chi connectivity index (χ4v) is 3.63. The van der Waals surface area contributed by atoms with Crippen LogP contribution in [0.5, 0.6) is 5.75 Å². The Morgan fingerprint density at radius 1 is 1.15 bits per heavy atom. The maximum Gasteiger partial charge on any atom is 0.119 e. The molecule has 0 N–H and O–H groups in total. The Morgan fingerprint density at radius 3 is 2.45 bits per heavy atom. The molecule has 1 aromatic carbocycles. The summed E-state index contributed by atoms with van der Waals surface area (Å²) in [5.41, 5.74) is 1.86. The molecule has 0 amide bonds. The normalized spacial score (nSPS) is 18.8. The first kappa shape index (κ1) is 15.9. The second-order valence-electron chi connectivity index (χ2n) is 7.26. The lowest BCUT2D eigenvalue weighted by Crippen LogP contribution is -2.32. The topological polar surface area (TPSA) is 9.23 Å². The summed E-state index contributed by atoms with van der Waals surface area (Å²) in [4.78, 5) is 0. The first-order valence-electron chi connectivity index (χ1n) is 7.75. The van der Waals surface area contributed by atoms with Crippen LogP contribution < -0.4 is 4.74 Å². The summed E-state index contributed by atoms with van der Waals surface area (Å²) in [6, 6.07) is 8.58. The maximum absolute atomic E-state index is 6.15. The van der Waals surface area contributed by atoms with Gasteiger partial charge in [-0.15, -0.1) is 0 Å². The van der Waals surface area contributed by atoms with Gasteiger partial charge in [-0.2, -0.15) is 0 Å². The average Bonchev–Trinajstić information content (AvgIpc) is 2.46. The number of halogens is 1. The number of ether oxygens (including phenoxy) is 1. The highest BCUT2D eigenvalue weighted by Crippen LogP contribution is 2.38. The standard InChI is InChI=1S/C18H27BrO/c1-17(2,3)15-8-7-9-16(12-15)20-14-18(13-19)10-5-4-6-11-18/h7-9,12H,4-6,10-11,13-14H2,1-3H3. The molecule has 2 heteroatoms. The first-order valence-corrected chi connectivity index (χ1v) is 8.87. The van der Waals surface area contributed by atoms with Crippen LogP contribution in [0.3, 0.4) is 0 Å². The molecule has 0 heterocycles. The quantitative estimate of drug-likeness (QED) is 0.639. The minimum atomic E-state index is 0.178. The highest BCUT2D eigenvalue weighted by molar-refractivity contribution is 9.09. The van der Waals surface area contributed by atoms with Crippen molar-refractivity contribution in [3.8, 4) is 5.75 Å². The fraction of sp³-hybridized carbons (Fsp3) is 0.667. The number of rotatable bonds is 4. The van der Waals surface area contributed by atoms with Gasteiger partial charge in [0.15, 0.2) is 0 Å². The van der Waals surface area contributed by atoms with E-state index in [1.807, 2.05) is 0 Å². The molecule has 0 atom stereocenters. The predicted octanol–water partition coefficient (Wildman–Crippen LogP) is 5.71. The molecule has 0 unspecified atom stereocenters. The molecule has 1 aromatic rings. The van der Waals surface area contributed by atoms with Crippen molar-refractivity contribution in [1.29, 1.82) is 0 Å². The van der Waals surface area contributed by atoms with E-state index in [0.29, 0.717) is 5.41 Å². The molecular weight excluding hydrogens is 312 g/mol. The van der Waals surface area contributed by atoms with E-state index in [0.717, 1.165) is 17.7 Å². The van der Waals surface area contributed by atoms with Crippen LogP contribution in [0.15, 0.2) is 24.3 Å². The molecule has 1 aliphatic carbocycles. The molecule has 112 valence electrons. The summed E-state index contributed by atoms with van der Waals surface area (Å²) in [6.45, 7) is 7.57. The molecule has 1 nitrogen and oxygen atoms in total. The van der Waals surface area contributed by atoms with E-state index in [2.05, 4.69) is 61.0 Å². The zero-order valence-electron chi connectivity index (χ0n) is 13.0. The molecule has 0 aromatic heterocycles. The summed E-state index contributed by atoms with van der Waals surface area (Å²) in [7, 11) is 0. The Labute approximate surface area is 132 Å². The van der Waals surface area contributed by atoms with Crippen molar-refractivity contribution in [3.05, 3.63) is 29.8 Å². The van der Waals surface area contributed by atoms with Gasteiger partial charge in [0.2, 0.25) is 0 Å². The number of hydrogen-bond donors (Lipinski definition) is 0. The molecule has 1 fully saturated rings. The predicted molar refractivity (Wildman–Crippen MR) is 89.9 cm³/mol. The third-order valence-electron chi connectivity index (χ3n) is 4.44. The highest BCUT2D eigenvalue weighted by atomic mass is 79.9. The van der Waals surface area contributed by atoms with Gasteiger partial charge in [0.1, 0.15) is 5.75 Å². The summed E-state index contributed by atoms with van der Waals surface area (Å²) in [6.07, 6.45) is 6.65. The van der Waals surface area contributed by atoms with Gasteiger partial charge in [-0.1, -0.05) is 68.1 Å². The number of benzene rings is 1. The van der Waals surface area contributed by atoms with E-state index in [9.17, 15) is 0 Å². The van der Waals surface area contributed by atoms with Crippen molar-refractivity contribution in [3.63, 3.8) is 0 Å². The zero-order chi connectivity index (χ0) is 14.6. The third-order valence-corrected chi connectivity index (χ3v) is 5.63. The summed E-state index contributed by atoms with van der Waals surface area (Å²) in [5, 5.41) is 1.05. The molecule has 2 rings (SSSR count).